The Balaban J connectivity index is 3.01. The molecular weight excluding hydrogens is 250 g/mol. The highest BCUT2D eigenvalue weighted by atomic mass is 79.9. The van der Waals surface area contributed by atoms with Crippen molar-refractivity contribution >= 4 is 21.6 Å². The summed E-state index contributed by atoms with van der Waals surface area (Å²) in [7, 11) is 2.91. The van der Waals surface area contributed by atoms with Crippen molar-refractivity contribution in [2.24, 2.45) is 0 Å². The molecular formula is C9H11BrNO3-. The molecule has 0 heterocycles. The summed E-state index contributed by atoms with van der Waals surface area (Å²) < 4.78 is 5.11. The van der Waals surface area contributed by atoms with Gasteiger partial charge in [0.25, 0.3) is 0 Å². The number of hydrogen-bond acceptors (Lipinski definition) is 4. The van der Waals surface area contributed by atoms with Crippen LogP contribution < -0.4 is 9.96 Å². The predicted octanol–water partition coefficient (Wildman–Crippen LogP) is 2.46. The van der Waals surface area contributed by atoms with Gasteiger partial charge in [0.05, 0.1) is 19.9 Å². The molecule has 0 saturated heterocycles. The zero-order valence-corrected chi connectivity index (χ0v) is 9.58. The van der Waals surface area contributed by atoms with Crippen LogP contribution in [-0.2, 0) is 10.2 Å². The first-order chi connectivity index (χ1) is 6.72. The van der Waals surface area contributed by atoms with Crippen LogP contribution >= 0.6 is 15.9 Å². The van der Waals surface area contributed by atoms with Crippen LogP contribution in [0.1, 0.15) is 5.56 Å². The van der Waals surface area contributed by atoms with Crippen LogP contribution in [0.25, 0.3) is 0 Å². The van der Waals surface area contributed by atoms with Crippen molar-refractivity contribution in [2.45, 2.75) is 5.33 Å². The average molecular weight is 261 g/mol. The summed E-state index contributed by atoms with van der Waals surface area (Å²) in [5, 5.41) is 12.2. The highest BCUT2D eigenvalue weighted by Gasteiger charge is 2.03. The zero-order valence-electron chi connectivity index (χ0n) is 7.99. The SMILES string of the molecule is COc1ccc(N([O-])OC)cc1CBr. The molecule has 14 heavy (non-hydrogen) atoms. The van der Waals surface area contributed by atoms with Gasteiger partial charge in [-0.1, -0.05) is 15.9 Å². The minimum absolute atomic E-state index is 0.447. The fourth-order valence-electron chi connectivity index (χ4n) is 1.09. The molecule has 0 radical (unpaired) electrons. The minimum Gasteiger partial charge on any atom is -0.733 e. The second-order valence-corrected chi connectivity index (χ2v) is 3.13. The second kappa shape index (κ2) is 5.19. The third kappa shape index (κ3) is 2.37. The van der Waals surface area contributed by atoms with E-state index in [1.807, 2.05) is 0 Å². The maximum Gasteiger partial charge on any atom is 0.123 e. The monoisotopic (exact) mass is 260 g/mol. The molecule has 0 amide bonds. The molecule has 0 fully saturated rings. The fourth-order valence-corrected chi connectivity index (χ4v) is 1.53. The van der Waals surface area contributed by atoms with Crippen LogP contribution in [0.3, 0.4) is 0 Å². The molecule has 0 bridgehead atoms. The van der Waals surface area contributed by atoms with E-state index in [1.54, 1.807) is 25.3 Å². The Morgan fingerprint density at radius 2 is 2.14 bits per heavy atom. The molecule has 0 saturated carbocycles. The van der Waals surface area contributed by atoms with E-state index in [2.05, 4.69) is 20.8 Å². The van der Waals surface area contributed by atoms with Gasteiger partial charge in [-0.25, -0.2) is 0 Å². The average Bonchev–Trinajstić information content (AvgIpc) is 2.26. The molecule has 0 atom stereocenters. The Bertz CT molecular complexity index is 306. The number of ether oxygens (including phenoxy) is 1. The number of rotatable bonds is 4. The Morgan fingerprint density at radius 1 is 1.43 bits per heavy atom. The van der Waals surface area contributed by atoms with Gasteiger partial charge >= 0.3 is 0 Å². The van der Waals surface area contributed by atoms with E-state index < -0.39 is 0 Å². The summed E-state index contributed by atoms with van der Waals surface area (Å²) >= 11 is 3.31. The highest BCUT2D eigenvalue weighted by Crippen LogP contribution is 2.26. The predicted molar refractivity (Wildman–Crippen MR) is 58.5 cm³/mol. The van der Waals surface area contributed by atoms with Crippen molar-refractivity contribution in [2.75, 3.05) is 19.4 Å². The third-order valence-electron chi connectivity index (χ3n) is 1.78. The number of methoxy groups -OCH3 is 1. The smallest absolute Gasteiger partial charge is 0.123 e. The van der Waals surface area contributed by atoms with Crippen molar-refractivity contribution in [1.82, 2.24) is 0 Å². The Kier molecular flexibility index (Phi) is 4.19. The molecule has 78 valence electrons. The summed E-state index contributed by atoms with van der Waals surface area (Å²) in [6.07, 6.45) is 0. The first-order valence-electron chi connectivity index (χ1n) is 3.97. The van der Waals surface area contributed by atoms with Crippen molar-refractivity contribution in [3.63, 3.8) is 0 Å². The van der Waals surface area contributed by atoms with E-state index in [1.165, 1.54) is 7.11 Å². The lowest BCUT2D eigenvalue weighted by molar-refractivity contribution is 0.198. The summed E-state index contributed by atoms with van der Waals surface area (Å²) in [5.74, 6) is 0.745. The van der Waals surface area contributed by atoms with Gasteiger partial charge in [0.1, 0.15) is 5.75 Å². The van der Waals surface area contributed by atoms with Gasteiger partial charge in [0, 0.05) is 10.9 Å². The van der Waals surface area contributed by atoms with Gasteiger partial charge in [-0.2, -0.15) is 0 Å². The third-order valence-corrected chi connectivity index (χ3v) is 2.39. The zero-order chi connectivity index (χ0) is 10.6. The minimum atomic E-state index is 0.447. The van der Waals surface area contributed by atoms with E-state index >= 15 is 0 Å². The van der Waals surface area contributed by atoms with E-state index in [0.717, 1.165) is 11.3 Å². The van der Waals surface area contributed by atoms with Crippen LogP contribution in [-0.4, -0.2) is 14.2 Å². The largest absolute Gasteiger partial charge is 0.733 e. The van der Waals surface area contributed by atoms with Crippen LogP contribution in [0.2, 0.25) is 0 Å². The quantitative estimate of drug-likeness (QED) is 0.616. The number of halogens is 1. The highest BCUT2D eigenvalue weighted by molar-refractivity contribution is 9.08. The lowest BCUT2D eigenvalue weighted by atomic mass is 10.2. The molecule has 0 aliphatic heterocycles. The molecule has 0 aliphatic rings. The van der Waals surface area contributed by atoms with Crippen molar-refractivity contribution in [3.8, 4) is 5.75 Å². The number of nitrogens with zero attached hydrogens (tertiary/aromatic N) is 1. The topological polar surface area (TPSA) is 44.8 Å². The number of alkyl halides is 1. The van der Waals surface area contributed by atoms with Gasteiger partial charge < -0.3 is 15.2 Å². The molecule has 1 aromatic rings. The maximum absolute atomic E-state index is 11.1. The molecule has 4 nitrogen and oxygen atoms in total. The Labute approximate surface area is 91.1 Å². The van der Waals surface area contributed by atoms with E-state index in [9.17, 15) is 5.21 Å². The molecule has 1 aromatic carbocycles. The summed E-state index contributed by atoms with van der Waals surface area (Å²) in [4.78, 5) is 4.53. The Morgan fingerprint density at radius 3 is 2.64 bits per heavy atom. The summed E-state index contributed by atoms with van der Waals surface area (Å²) in [6.45, 7) is 0. The molecule has 1 rings (SSSR count). The molecule has 0 N–H and O–H groups in total. The van der Waals surface area contributed by atoms with E-state index in [4.69, 9.17) is 4.74 Å². The fraction of sp³-hybridized carbons (Fsp3) is 0.333. The van der Waals surface area contributed by atoms with Crippen LogP contribution in [0.15, 0.2) is 18.2 Å². The van der Waals surface area contributed by atoms with Gasteiger partial charge in [-0.15, -0.1) is 0 Å². The van der Waals surface area contributed by atoms with Gasteiger partial charge in [0.15, 0.2) is 0 Å². The van der Waals surface area contributed by atoms with Gasteiger partial charge in [0.2, 0.25) is 0 Å². The normalized spacial score (nSPS) is 10.0. The van der Waals surface area contributed by atoms with Crippen LogP contribution in [0, 0.1) is 5.21 Å². The molecule has 5 heteroatoms. The van der Waals surface area contributed by atoms with Crippen LogP contribution in [0.4, 0.5) is 5.69 Å². The molecule has 0 unspecified atom stereocenters. The molecule has 0 aliphatic carbocycles. The standard InChI is InChI=1S/C9H11BrNO3/c1-13-9-4-3-8(11(12)14-2)5-7(9)6-10/h3-5H,6H2,1-2H3/q-1. The van der Waals surface area contributed by atoms with E-state index in [0.29, 0.717) is 16.2 Å². The van der Waals surface area contributed by atoms with Gasteiger partial charge in [-0.05, 0) is 18.2 Å². The van der Waals surface area contributed by atoms with Crippen LogP contribution in [0.5, 0.6) is 5.75 Å². The first-order valence-corrected chi connectivity index (χ1v) is 5.09. The lowest BCUT2D eigenvalue weighted by Crippen LogP contribution is -2.12. The van der Waals surface area contributed by atoms with Crippen molar-refractivity contribution in [3.05, 3.63) is 29.0 Å². The second-order valence-electron chi connectivity index (χ2n) is 2.57. The first kappa shape index (κ1) is 11.3. The lowest BCUT2D eigenvalue weighted by Gasteiger charge is -2.27. The Hall–Kier alpha value is -0.780. The number of benzene rings is 1. The number of hydrogen-bond donors (Lipinski definition) is 0. The maximum atomic E-state index is 11.1. The molecule has 0 aromatic heterocycles. The van der Waals surface area contributed by atoms with Crippen molar-refractivity contribution in [1.29, 1.82) is 0 Å². The summed E-state index contributed by atoms with van der Waals surface area (Å²) in [6, 6.07) is 5.08. The number of anilines is 1. The van der Waals surface area contributed by atoms with Gasteiger partial charge in [-0.3, -0.25) is 4.84 Å². The molecule has 0 spiro atoms. The van der Waals surface area contributed by atoms with E-state index in [-0.39, 0.29) is 0 Å². The summed E-state index contributed by atoms with van der Waals surface area (Å²) in [5.41, 5.74) is 1.35. The van der Waals surface area contributed by atoms with Crippen molar-refractivity contribution < 1.29 is 9.57 Å².